The van der Waals surface area contributed by atoms with Gasteiger partial charge in [0, 0.05) is 60.6 Å². The van der Waals surface area contributed by atoms with Crippen LogP contribution in [0, 0.1) is 0 Å². The van der Waals surface area contributed by atoms with E-state index in [1.807, 2.05) is 60.7 Å². The molecule has 0 aliphatic carbocycles. The van der Waals surface area contributed by atoms with Crippen molar-refractivity contribution in [2.45, 2.75) is 0 Å². The van der Waals surface area contributed by atoms with Crippen molar-refractivity contribution in [3.63, 3.8) is 0 Å². The molecule has 0 unspecified atom stereocenters. The van der Waals surface area contributed by atoms with Gasteiger partial charge in [0.15, 0.2) is 23.1 Å². The van der Waals surface area contributed by atoms with Crippen molar-refractivity contribution in [2.24, 2.45) is 0 Å². The van der Waals surface area contributed by atoms with Crippen molar-refractivity contribution >= 4 is 65.5 Å². The molecule has 0 aliphatic rings. The van der Waals surface area contributed by atoms with E-state index in [1.165, 1.54) is 5.39 Å². The second kappa shape index (κ2) is 15.5. The molecule has 0 radical (unpaired) electrons. The zero-order chi connectivity index (χ0) is 45.4. The van der Waals surface area contributed by atoms with Gasteiger partial charge in [-0.15, -0.1) is 0 Å². The molecule has 0 atom stereocenters. The fourth-order valence-electron chi connectivity index (χ4n) is 10.2. The van der Waals surface area contributed by atoms with Gasteiger partial charge in [0.1, 0.15) is 0 Å². The summed E-state index contributed by atoms with van der Waals surface area (Å²) in [4.78, 5) is 26.8. The normalized spacial score (nSPS) is 11.8. The van der Waals surface area contributed by atoms with E-state index in [0.717, 1.165) is 93.8 Å². The summed E-state index contributed by atoms with van der Waals surface area (Å²) in [5.41, 5.74) is 12.8. The second-order valence-corrected chi connectivity index (χ2v) is 17.3. The standard InChI is InChI=1S/C61H38N8/c1-5-19-39(20-6-1)57-63-58(40-21-7-2-8-22-40)66-61(65-57)69-52-32-18-15-29-47(52)55-56(41-33-35-53-48(37-41)45-27-13-16-30-50(45)67(53)43-23-9-3-10-24-43)62-59(64-60(55)69)42-34-36-54-49(38-42)46-28-14-17-31-51(46)68(54)44-25-11-4-12-26-44/h1-38H. The van der Waals surface area contributed by atoms with Crippen LogP contribution in [0.25, 0.3) is 128 Å². The van der Waals surface area contributed by atoms with E-state index >= 15 is 0 Å². The van der Waals surface area contributed by atoms with Gasteiger partial charge >= 0.3 is 0 Å². The van der Waals surface area contributed by atoms with Gasteiger partial charge in [0.25, 0.3) is 0 Å². The van der Waals surface area contributed by atoms with Crippen LogP contribution in [0.5, 0.6) is 0 Å². The average molecular weight is 883 g/mol. The number of benzene rings is 9. The third-order valence-electron chi connectivity index (χ3n) is 13.3. The van der Waals surface area contributed by atoms with Gasteiger partial charge < -0.3 is 9.13 Å². The lowest BCUT2D eigenvalue weighted by atomic mass is 10.0. The van der Waals surface area contributed by atoms with Crippen LogP contribution in [0.1, 0.15) is 0 Å². The topological polar surface area (TPSA) is 79.2 Å². The molecule has 69 heavy (non-hydrogen) atoms. The Morgan fingerprint density at radius 3 is 1.20 bits per heavy atom. The summed E-state index contributed by atoms with van der Waals surface area (Å²) in [6, 6.07) is 80.3. The molecule has 0 fully saturated rings. The van der Waals surface area contributed by atoms with Gasteiger partial charge in [-0.05, 0) is 72.8 Å². The molecular formula is C61H38N8. The molecular weight excluding hydrogens is 845 g/mol. The minimum atomic E-state index is 0.465. The van der Waals surface area contributed by atoms with Crippen molar-refractivity contribution in [3.8, 4) is 62.7 Å². The third-order valence-corrected chi connectivity index (χ3v) is 13.3. The summed E-state index contributed by atoms with van der Waals surface area (Å²) < 4.78 is 6.77. The monoisotopic (exact) mass is 882 g/mol. The Hall–Kier alpha value is -9.53. The Morgan fingerprint density at radius 1 is 0.261 bits per heavy atom. The van der Waals surface area contributed by atoms with E-state index < -0.39 is 0 Å². The maximum atomic E-state index is 5.64. The molecule has 14 aromatic rings. The van der Waals surface area contributed by atoms with Crippen molar-refractivity contribution in [3.05, 3.63) is 231 Å². The molecule has 5 heterocycles. The van der Waals surface area contributed by atoms with Crippen LogP contribution in [0.2, 0.25) is 0 Å². The molecule has 0 saturated heterocycles. The van der Waals surface area contributed by atoms with Gasteiger partial charge in [-0.25, -0.2) is 15.0 Å². The molecule has 14 rings (SSSR count). The Balaban J connectivity index is 1.08. The minimum absolute atomic E-state index is 0.465. The first-order valence-corrected chi connectivity index (χ1v) is 23.1. The highest BCUT2D eigenvalue weighted by Crippen LogP contribution is 2.42. The molecule has 0 saturated carbocycles. The Labute approximate surface area is 395 Å². The first-order valence-electron chi connectivity index (χ1n) is 23.1. The maximum absolute atomic E-state index is 5.64. The number of hydrogen-bond acceptors (Lipinski definition) is 5. The van der Waals surface area contributed by atoms with Gasteiger partial charge in [-0.3, -0.25) is 4.57 Å². The quantitative estimate of drug-likeness (QED) is 0.159. The van der Waals surface area contributed by atoms with Crippen LogP contribution in [0.3, 0.4) is 0 Å². The maximum Gasteiger partial charge on any atom is 0.240 e. The van der Waals surface area contributed by atoms with Crippen molar-refractivity contribution in [2.75, 3.05) is 0 Å². The Kier molecular flexibility index (Phi) is 8.72. The molecule has 8 nitrogen and oxygen atoms in total. The summed E-state index contributed by atoms with van der Waals surface area (Å²) >= 11 is 0. The fourth-order valence-corrected chi connectivity index (χ4v) is 10.2. The zero-order valence-electron chi connectivity index (χ0n) is 37.0. The SMILES string of the molecule is c1ccc(-c2nc(-c3ccccc3)nc(-n3c4ccccc4c4c(-c5ccc6c(c5)c5ccccc5n6-c5ccccc5)nc(-c5ccc6c(c5)c5ccccc5n6-c5ccccc5)nc43)n2)cc1. The summed E-state index contributed by atoms with van der Waals surface area (Å²) in [6.07, 6.45) is 0. The molecule has 5 aromatic heterocycles. The molecule has 9 aromatic carbocycles. The van der Waals surface area contributed by atoms with Gasteiger partial charge in [-0.1, -0.05) is 158 Å². The molecule has 8 heteroatoms. The van der Waals surface area contributed by atoms with E-state index in [0.29, 0.717) is 29.1 Å². The number of rotatable bonds is 7. The van der Waals surface area contributed by atoms with Gasteiger partial charge in [0.05, 0.1) is 38.7 Å². The molecule has 0 amide bonds. The van der Waals surface area contributed by atoms with Crippen LogP contribution < -0.4 is 0 Å². The first kappa shape index (κ1) is 38.7. The Bertz CT molecular complexity index is 4230. The number of aromatic nitrogens is 8. The summed E-state index contributed by atoms with van der Waals surface area (Å²) in [5, 5.41) is 6.47. The third kappa shape index (κ3) is 6.20. The van der Waals surface area contributed by atoms with Gasteiger partial charge in [-0.2, -0.15) is 9.97 Å². The average Bonchev–Trinajstić information content (AvgIpc) is 4.07. The summed E-state index contributed by atoms with van der Waals surface area (Å²) in [7, 11) is 0. The van der Waals surface area contributed by atoms with E-state index in [2.05, 4.69) is 184 Å². The lowest BCUT2D eigenvalue weighted by molar-refractivity contribution is 0.942. The van der Waals surface area contributed by atoms with Crippen LogP contribution in [0.15, 0.2) is 231 Å². The number of para-hydroxylation sites is 5. The lowest BCUT2D eigenvalue weighted by Crippen LogP contribution is -2.07. The van der Waals surface area contributed by atoms with Crippen molar-refractivity contribution in [1.82, 2.24) is 38.6 Å². The van der Waals surface area contributed by atoms with Crippen molar-refractivity contribution < 1.29 is 0 Å². The highest BCUT2D eigenvalue weighted by atomic mass is 15.2. The number of fused-ring (bicyclic) bond motifs is 9. The van der Waals surface area contributed by atoms with Crippen molar-refractivity contribution in [1.29, 1.82) is 0 Å². The van der Waals surface area contributed by atoms with E-state index in [-0.39, 0.29) is 0 Å². The van der Waals surface area contributed by atoms with Crippen LogP contribution in [-0.2, 0) is 0 Å². The predicted octanol–water partition coefficient (Wildman–Crippen LogP) is 14.6. The molecule has 0 aliphatic heterocycles. The predicted molar refractivity (Wildman–Crippen MR) is 280 cm³/mol. The van der Waals surface area contributed by atoms with Crippen LogP contribution in [-0.4, -0.2) is 38.6 Å². The van der Waals surface area contributed by atoms with Crippen LogP contribution >= 0.6 is 0 Å². The Morgan fingerprint density at radius 2 is 0.667 bits per heavy atom. The van der Waals surface area contributed by atoms with E-state index in [4.69, 9.17) is 24.9 Å². The largest absolute Gasteiger partial charge is 0.309 e. The molecule has 0 bridgehead atoms. The number of nitrogens with zero attached hydrogens (tertiary/aromatic N) is 8. The van der Waals surface area contributed by atoms with Gasteiger partial charge in [0.2, 0.25) is 5.95 Å². The summed E-state index contributed by atoms with van der Waals surface area (Å²) in [6.45, 7) is 0. The zero-order valence-corrected chi connectivity index (χ0v) is 37.0. The number of hydrogen-bond donors (Lipinski definition) is 0. The van der Waals surface area contributed by atoms with E-state index in [1.54, 1.807) is 0 Å². The highest BCUT2D eigenvalue weighted by molar-refractivity contribution is 6.16. The van der Waals surface area contributed by atoms with Crippen LogP contribution in [0.4, 0.5) is 0 Å². The lowest BCUT2D eigenvalue weighted by Gasteiger charge is -2.12. The highest BCUT2D eigenvalue weighted by Gasteiger charge is 2.25. The summed E-state index contributed by atoms with van der Waals surface area (Å²) in [5.74, 6) is 2.19. The second-order valence-electron chi connectivity index (χ2n) is 17.3. The molecule has 0 spiro atoms. The minimum Gasteiger partial charge on any atom is -0.309 e. The molecule has 322 valence electrons. The molecule has 0 N–H and O–H groups in total. The fraction of sp³-hybridized carbons (Fsp3) is 0. The first-order chi connectivity index (χ1) is 34.2. The van der Waals surface area contributed by atoms with E-state index in [9.17, 15) is 0 Å². The smallest absolute Gasteiger partial charge is 0.240 e.